The van der Waals surface area contributed by atoms with Crippen LogP contribution in [-0.2, 0) is 14.9 Å². The van der Waals surface area contributed by atoms with Gasteiger partial charge in [0.25, 0.3) is 10.2 Å². The summed E-state index contributed by atoms with van der Waals surface area (Å²) in [5.41, 5.74) is 0. The van der Waals surface area contributed by atoms with Crippen LogP contribution in [0.4, 0.5) is 0 Å². The van der Waals surface area contributed by atoms with E-state index in [1.54, 1.807) is 8.61 Å². The normalized spacial score (nSPS) is 31.1. The Hall–Kier alpha value is -0.210. The van der Waals surface area contributed by atoms with Crippen LogP contribution in [0.2, 0.25) is 0 Å². The lowest BCUT2D eigenvalue weighted by atomic mass is 10.2. The molecule has 6 nitrogen and oxygen atoms in total. The maximum atomic E-state index is 12.4. The minimum Gasteiger partial charge on any atom is -0.377 e. The van der Waals surface area contributed by atoms with Crippen molar-refractivity contribution in [3.05, 3.63) is 0 Å². The van der Waals surface area contributed by atoms with Crippen molar-refractivity contribution in [2.45, 2.75) is 31.8 Å². The van der Waals surface area contributed by atoms with Gasteiger partial charge in [0.1, 0.15) is 0 Å². The molecule has 0 N–H and O–H groups in total. The fourth-order valence-corrected chi connectivity index (χ4v) is 4.97. The highest BCUT2D eigenvalue weighted by atomic mass is 32.2. The second-order valence-corrected chi connectivity index (χ2v) is 7.88. The van der Waals surface area contributed by atoms with E-state index >= 15 is 0 Å². The number of hydrogen-bond acceptors (Lipinski definition) is 4. The van der Waals surface area contributed by atoms with Crippen molar-refractivity contribution in [2.75, 3.05) is 52.4 Å². The number of rotatable bonds is 4. The fraction of sp³-hybridized carbons (Fsp3) is 1.00. The largest absolute Gasteiger partial charge is 0.377 e. The molecule has 0 spiro atoms. The fourth-order valence-electron chi connectivity index (χ4n) is 3.30. The lowest BCUT2D eigenvalue weighted by molar-refractivity contribution is 0.0611. The van der Waals surface area contributed by atoms with Crippen LogP contribution in [0, 0.1) is 0 Å². The summed E-state index contributed by atoms with van der Waals surface area (Å²) in [4.78, 5) is 2.34. The molecule has 3 heterocycles. The van der Waals surface area contributed by atoms with Gasteiger partial charge >= 0.3 is 0 Å². The Balaban J connectivity index is 1.50. The van der Waals surface area contributed by atoms with Gasteiger partial charge in [0, 0.05) is 52.4 Å². The van der Waals surface area contributed by atoms with Crippen LogP contribution in [-0.4, -0.2) is 80.5 Å². The van der Waals surface area contributed by atoms with Gasteiger partial charge in [-0.15, -0.1) is 0 Å². The average Bonchev–Trinajstić information content (AvgIpc) is 3.12. The van der Waals surface area contributed by atoms with Gasteiger partial charge in [-0.3, -0.25) is 4.90 Å². The van der Waals surface area contributed by atoms with Crippen LogP contribution in [0.25, 0.3) is 0 Å². The summed E-state index contributed by atoms with van der Waals surface area (Å²) in [6.45, 7) is 6.11. The lowest BCUT2D eigenvalue weighted by Gasteiger charge is -2.36. The third-order valence-electron chi connectivity index (χ3n) is 4.53. The smallest absolute Gasteiger partial charge is 0.282 e. The predicted molar refractivity (Wildman–Crippen MR) is 76.7 cm³/mol. The molecule has 3 saturated heterocycles. The molecule has 0 aliphatic carbocycles. The molecule has 0 aromatic heterocycles. The van der Waals surface area contributed by atoms with Crippen LogP contribution in [0.3, 0.4) is 0 Å². The molecule has 116 valence electrons. The number of nitrogens with zero attached hydrogens (tertiary/aromatic N) is 3. The van der Waals surface area contributed by atoms with Gasteiger partial charge in [0.05, 0.1) is 6.10 Å². The molecule has 0 aromatic carbocycles. The molecular weight excluding hydrogens is 278 g/mol. The van der Waals surface area contributed by atoms with Gasteiger partial charge in [-0.05, 0) is 25.7 Å². The number of piperazine rings is 1. The molecule has 0 radical (unpaired) electrons. The van der Waals surface area contributed by atoms with E-state index in [1.165, 1.54) is 0 Å². The van der Waals surface area contributed by atoms with Crippen molar-refractivity contribution in [3.8, 4) is 0 Å². The number of hydrogen-bond donors (Lipinski definition) is 0. The molecular formula is C13H25N3O3S. The van der Waals surface area contributed by atoms with E-state index < -0.39 is 10.2 Å². The standard InChI is InChI=1S/C13H25N3O3S/c17-20(18,15-5-1-2-6-15)16-9-7-14(8-10-16)12-13-4-3-11-19-13/h13H,1-12H2. The molecule has 7 heteroatoms. The van der Waals surface area contributed by atoms with Crippen molar-refractivity contribution < 1.29 is 13.2 Å². The molecule has 0 saturated carbocycles. The minimum absolute atomic E-state index is 0.358. The van der Waals surface area contributed by atoms with Crippen LogP contribution >= 0.6 is 0 Å². The van der Waals surface area contributed by atoms with E-state index in [9.17, 15) is 8.42 Å². The highest BCUT2D eigenvalue weighted by Crippen LogP contribution is 2.19. The number of ether oxygens (including phenoxy) is 1. The molecule has 0 bridgehead atoms. The molecule has 3 aliphatic rings. The summed E-state index contributed by atoms with van der Waals surface area (Å²) in [6, 6.07) is 0. The molecule has 0 aromatic rings. The van der Waals surface area contributed by atoms with E-state index in [0.29, 0.717) is 32.3 Å². The molecule has 3 rings (SSSR count). The SMILES string of the molecule is O=S(=O)(N1CCCC1)N1CCN(CC2CCCO2)CC1. The Labute approximate surface area is 121 Å². The van der Waals surface area contributed by atoms with Crippen molar-refractivity contribution >= 4 is 10.2 Å². The Morgan fingerprint density at radius 3 is 2.15 bits per heavy atom. The van der Waals surface area contributed by atoms with E-state index in [4.69, 9.17) is 4.74 Å². The summed E-state index contributed by atoms with van der Waals surface area (Å²) < 4.78 is 33.8. The van der Waals surface area contributed by atoms with Crippen LogP contribution < -0.4 is 0 Å². The Kier molecular flexibility index (Phi) is 4.62. The Bertz CT molecular complexity index is 409. The molecule has 0 amide bonds. The quantitative estimate of drug-likeness (QED) is 0.740. The van der Waals surface area contributed by atoms with Gasteiger partial charge in [0.15, 0.2) is 0 Å². The molecule has 20 heavy (non-hydrogen) atoms. The van der Waals surface area contributed by atoms with Crippen molar-refractivity contribution in [1.29, 1.82) is 0 Å². The van der Waals surface area contributed by atoms with Gasteiger partial charge in [-0.25, -0.2) is 0 Å². The summed E-state index contributed by atoms with van der Waals surface area (Å²) >= 11 is 0. The first-order chi connectivity index (χ1) is 9.66. The first kappa shape index (κ1) is 14.7. The maximum absolute atomic E-state index is 12.4. The topological polar surface area (TPSA) is 53.1 Å². The maximum Gasteiger partial charge on any atom is 0.282 e. The highest BCUT2D eigenvalue weighted by Gasteiger charge is 2.34. The molecule has 1 unspecified atom stereocenters. The lowest BCUT2D eigenvalue weighted by Crippen LogP contribution is -2.53. The van der Waals surface area contributed by atoms with Crippen molar-refractivity contribution in [1.82, 2.24) is 13.5 Å². The van der Waals surface area contributed by atoms with E-state index in [1.807, 2.05) is 0 Å². The van der Waals surface area contributed by atoms with Gasteiger partial charge in [-0.2, -0.15) is 17.0 Å². The third-order valence-corrected chi connectivity index (χ3v) is 6.57. The summed E-state index contributed by atoms with van der Waals surface area (Å²) in [6.07, 6.45) is 4.66. The van der Waals surface area contributed by atoms with E-state index in [-0.39, 0.29) is 0 Å². The minimum atomic E-state index is -3.20. The zero-order valence-corrected chi connectivity index (χ0v) is 12.9. The monoisotopic (exact) mass is 303 g/mol. The average molecular weight is 303 g/mol. The summed E-state index contributed by atoms with van der Waals surface area (Å²) in [7, 11) is -3.20. The second kappa shape index (κ2) is 6.27. The summed E-state index contributed by atoms with van der Waals surface area (Å²) in [5.74, 6) is 0. The van der Waals surface area contributed by atoms with E-state index in [0.717, 1.165) is 51.9 Å². The van der Waals surface area contributed by atoms with Crippen LogP contribution in [0.15, 0.2) is 0 Å². The van der Waals surface area contributed by atoms with Gasteiger partial charge < -0.3 is 4.74 Å². The Morgan fingerprint density at radius 1 is 0.900 bits per heavy atom. The molecule has 3 aliphatic heterocycles. The second-order valence-electron chi connectivity index (χ2n) is 5.95. The molecule has 1 atom stereocenters. The zero-order valence-electron chi connectivity index (χ0n) is 12.0. The Morgan fingerprint density at radius 2 is 1.55 bits per heavy atom. The zero-order chi connectivity index (χ0) is 14.0. The van der Waals surface area contributed by atoms with Crippen LogP contribution in [0.1, 0.15) is 25.7 Å². The third kappa shape index (κ3) is 3.17. The van der Waals surface area contributed by atoms with Gasteiger partial charge in [-0.1, -0.05) is 0 Å². The predicted octanol–water partition coefficient (Wildman–Crippen LogP) is 0.124. The van der Waals surface area contributed by atoms with Gasteiger partial charge in [0.2, 0.25) is 0 Å². The van der Waals surface area contributed by atoms with Crippen molar-refractivity contribution in [3.63, 3.8) is 0 Å². The van der Waals surface area contributed by atoms with Crippen LogP contribution in [0.5, 0.6) is 0 Å². The first-order valence-electron chi connectivity index (χ1n) is 7.75. The van der Waals surface area contributed by atoms with E-state index in [2.05, 4.69) is 4.90 Å². The highest BCUT2D eigenvalue weighted by molar-refractivity contribution is 7.86. The summed E-state index contributed by atoms with van der Waals surface area (Å²) in [5, 5.41) is 0. The van der Waals surface area contributed by atoms with Crippen molar-refractivity contribution in [2.24, 2.45) is 0 Å². The first-order valence-corrected chi connectivity index (χ1v) is 9.15. The molecule has 3 fully saturated rings.